The third-order valence-corrected chi connectivity index (χ3v) is 3.26. The molecule has 1 aliphatic heterocycles. The lowest BCUT2D eigenvalue weighted by Gasteiger charge is -2.23. The zero-order valence-electron chi connectivity index (χ0n) is 11.2. The third kappa shape index (κ3) is 2.61. The molecule has 2 aromatic rings. The second-order valence-electron chi connectivity index (χ2n) is 4.80. The van der Waals surface area contributed by atoms with Gasteiger partial charge in [-0.25, -0.2) is 19.4 Å². The van der Waals surface area contributed by atoms with Crippen molar-refractivity contribution in [1.82, 2.24) is 25.1 Å². The summed E-state index contributed by atoms with van der Waals surface area (Å²) >= 11 is 0. The van der Waals surface area contributed by atoms with Gasteiger partial charge in [-0.05, 0) is 31.9 Å². The van der Waals surface area contributed by atoms with Crippen LogP contribution in [0.25, 0.3) is 0 Å². The van der Waals surface area contributed by atoms with Gasteiger partial charge in [-0.1, -0.05) is 6.07 Å². The van der Waals surface area contributed by atoms with Crippen LogP contribution in [0.5, 0.6) is 0 Å². The highest BCUT2D eigenvalue weighted by molar-refractivity contribution is 5.88. The summed E-state index contributed by atoms with van der Waals surface area (Å²) in [5, 5.41) is 9.78. The van der Waals surface area contributed by atoms with Crippen LogP contribution in [-0.4, -0.2) is 25.8 Å². The number of hydrogen-bond donors (Lipinski definition) is 2. The minimum absolute atomic E-state index is 0.101. The number of amides is 2. The molecule has 2 N–H and O–H groups in total. The van der Waals surface area contributed by atoms with E-state index in [9.17, 15) is 4.79 Å². The first kappa shape index (κ1) is 12.6. The van der Waals surface area contributed by atoms with Crippen molar-refractivity contribution < 1.29 is 4.79 Å². The van der Waals surface area contributed by atoms with Gasteiger partial charge in [0.15, 0.2) is 0 Å². The lowest BCUT2D eigenvalue weighted by atomic mass is 10.1. The maximum absolute atomic E-state index is 12.0. The molecule has 3 heterocycles. The smallest absolute Gasteiger partial charge is 0.320 e. The summed E-state index contributed by atoms with van der Waals surface area (Å²) in [6.07, 6.45) is 3.37. The van der Waals surface area contributed by atoms with Crippen LogP contribution in [0.3, 0.4) is 0 Å². The first-order valence-electron chi connectivity index (χ1n) is 6.61. The molecule has 0 saturated carbocycles. The first-order valence-corrected chi connectivity index (χ1v) is 6.61. The van der Waals surface area contributed by atoms with Gasteiger partial charge in [-0.2, -0.15) is 5.10 Å². The number of nitrogens with zero attached hydrogens (tertiary/aromatic N) is 4. The number of anilines is 1. The summed E-state index contributed by atoms with van der Waals surface area (Å²) in [4.78, 5) is 20.4. The lowest BCUT2D eigenvalue weighted by Crippen LogP contribution is -2.36. The Hall–Kier alpha value is -2.44. The van der Waals surface area contributed by atoms with Gasteiger partial charge < -0.3 is 5.32 Å². The molecule has 7 heteroatoms. The molecule has 0 unspecified atom stereocenters. The van der Waals surface area contributed by atoms with Crippen molar-refractivity contribution >= 4 is 11.8 Å². The zero-order chi connectivity index (χ0) is 13.9. The largest absolute Gasteiger partial charge is 0.328 e. The van der Waals surface area contributed by atoms with Crippen molar-refractivity contribution in [2.75, 3.05) is 5.32 Å². The second kappa shape index (κ2) is 5.28. The van der Waals surface area contributed by atoms with E-state index in [-0.39, 0.29) is 12.1 Å². The van der Waals surface area contributed by atoms with Crippen molar-refractivity contribution in [3.63, 3.8) is 0 Å². The fourth-order valence-electron chi connectivity index (χ4n) is 2.35. The molecule has 1 atom stereocenters. The summed E-state index contributed by atoms with van der Waals surface area (Å²) < 4.78 is 1.83. The summed E-state index contributed by atoms with van der Waals surface area (Å²) in [6.45, 7) is 2.74. The quantitative estimate of drug-likeness (QED) is 0.870. The predicted octanol–water partition coefficient (Wildman–Crippen LogP) is 1.64. The molecule has 20 heavy (non-hydrogen) atoms. The van der Waals surface area contributed by atoms with Crippen LogP contribution in [0, 0.1) is 6.92 Å². The molecular formula is C13H16N6O. The van der Waals surface area contributed by atoms with E-state index < -0.39 is 0 Å². The molecule has 0 fully saturated rings. The van der Waals surface area contributed by atoms with Crippen LogP contribution >= 0.6 is 0 Å². The summed E-state index contributed by atoms with van der Waals surface area (Å²) in [6, 6.07) is 5.12. The average Bonchev–Trinajstić information content (AvgIpc) is 2.88. The standard InChI is InChI=1S/C13H16N6O/c1-9-4-2-6-11(16-9)18-13(20)17-10-5-3-7-19-12(10)14-8-15-19/h2,4,6,8,10H,3,5,7H2,1H3,(H2,16,17,18,20)/t10-/m1/s1. The molecule has 0 saturated heterocycles. The van der Waals surface area contributed by atoms with E-state index in [1.165, 1.54) is 6.33 Å². The van der Waals surface area contributed by atoms with Crippen molar-refractivity contribution in [2.24, 2.45) is 0 Å². The van der Waals surface area contributed by atoms with E-state index in [0.29, 0.717) is 5.82 Å². The molecule has 0 aliphatic carbocycles. The highest BCUT2D eigenvalue weighted by Gasteiger charge is 2.23. The second-order valence-corrected chi connectivity index (χ2v) is 4.80. The Labute approximate surface area is 116 Å². The highest BCUT2D eigenvalue weighted by atomic mass is 16.2. The Morgan fingerprint density at radius 2 is 2.35 bits per heavy atom. The van der Waals surface area contributed by atoms with Crippen LogP contribution in [0.2, 0.25) is 0 Å². The van der Waals surface area contributed by atoms with E-state index >= 15 is 0 Å². The normalized spacial score (nSPS) is 17.4. The predicted molar refractivity (Wildman–Crippen MR) is 73.1 cm³/mol. The highest BCUT2D eigenvalue weighted by Crippen LogP contribution is 2.21. The maximum atomic E-state index is 12.0. The van der Waals surface area contributed by atoms with E-state index in [1.807, 2.05) is 23.7 Å². The molecule has 104 valence electrons. The summed E-state index contributed by atoms with van der Waals surface area (Å²) in [7, 11) is 0. The van der Waals surface area contributed by atoms with Gasteiger partial charge in [-0.15, -0.1) is 0 Å². The molecule has 2 amide bonds. The minimum atomic E-state index is -0.274. The van der Waals surface area contributed by atoms with Crippen molar-refractivity contribution in [3.05, 3.63) is 36.0 Å². The maximum Gasteiger partial charge on any atom is 0.320 e. The molecule has 3 rings (SSSR count). The number of nitrogens with one attached hydrogen (secondary N) is 2. The molecule has 7 nitrogen and oxygen atoms in total. The Balaban J connectivity index is 1.66. The van der Waals surface area contributed by atoms with Gasteiger partial charge in [-0.3, -0.25) is 5.32 Å². The fourth-order valence-corrected chi connectivity index (χ4v) is 2.35. The molecule has 0 aromatic carbocycles. The first-order chi connectivity index (χ1) is 9.72. The van der Waals surface area contributed by atoms with E-state index in [1.54, 1.807) is 6.07 Å². The number of urea groups is 1. The zero-order valence-corrected chi connectivity index (χ0v) is 11.2. The van der Waals surface area contributed by atoms with Gasteiger partial charge in [0.05, 0.1) is 6.04 Å². The van der Waals surface area contributed by atoms with E-state index in [4.69, 9.17) is 0 Å². The van der Waals surface area contributed by atoms with Crippen LogP contribution < -0.4 is 10.6 Å². The van der Waals surface area contributed by atoms with Crippen LogP contribution in [-0.2, 0) is 6.54 Å². The average molecular weight is 272 g/mol. The Bertz CT molecular complexity index is 623. The number of aromatic nitrogens is 4. The summed E-state index contributed by atoms with van der Waals surface area (Å²) in [5.74, 6) is 1.35. The molecule has 1 aliphatic rings. The van der Waals surface area contributed by atoms with Gasteiger partial charge >= 0.3 is 6.03 Å². The minimum Gasteiger partial charge on any atom is -0.328 e. The third-order valence-electron chi connectivity index (χ3n) is 3.26. The lowest BCUT2D eigenvalue weighted by molar-refractivity contribution is 0.244. The van der Waals surface area contributed by atoms with Gasteiger partial charge in [0, 0.05) is 12.2 Å². The van der Waals surface area contributed by atoms with Crippen LogP contribution in [0.4, 0.5) is 10.6 Å². The number of pyridine rings is 1. The monoisotopic (exact) mass is 272 g/mol. The van der Waals surface area contributed by atoms with E-state index in [0.717, 1.165) is 30.9 Å². The number of aryl methyl sites for hydroxylation is 2. The SMILES string of the molecule is Cc1cccc(NC(=O)N[C@@H]2CCCn3ncnc32)n1. The van der Waals surface area contributed by atoms with Gasteiger partial charge in [0.2, 0.25) is 0 Å². The van der Waals surface area contributed by atoms with Crippen molar-refractivity contribution in [1.29, 1.82) is 0 Å². The Morgan fingerprint density at radius 1 is 1.45 bits per heavy atom. The van der Waals surface area contributed by atoms with Crippen molar-refractivity contribution in [3.8, 4) is 0 Å². The molecule has 2 aromatic heterocycles. The molecule has 0 radical (unpaired) electrons. The Kier molecular flexibility index (Phi) is 3.32. The fraction of sp³-hybridized carbons (Fsp3) is 0.385. The van der Waals surface area contributed by atoms with E-state index in [2.05, 4.69) is 25.7 Å². The molecule has 0 spiro atoms. The number of rotatable bonds is 2. The molecule has 0 bridgehead atoms. The Morgan fingerprint density at radius 3 is 3.20 bits per heavy atom. The van der Waals surface area contributed by atoms with Crippen LogP contribution in [0.15, 0.2) is 24.5 Å². The summed E-state index contributed by atoms with van der Waals surface area (Å²) in [5.41, 5.74) is 0.861. The van der Waals surface area contributed by atoms with Crippen LogP contribution in [0.1, 0.15) is 30.4 Å². The number of carbonyl (C=O) groups is 1. The molecular weight excluding hydrogens is 256 g/mol. The van der Waals surface area contributed by atoms with Crippen molar-refractivity contribution in [2.45, 2.75) is 32.4 Å². The number of hydrogen-bond acceptors (Lipinski definition) is 4. The van der Waals surface area contributed by atoms with Gasteiger partial charge in [0.1, 0.15) is 18.0 Å². The number of carbonyl (C=O) groups excluding carboxylic acids is 1. The number of fused-ring (bicyclic) bond motifs is 1. The van der Waals surface area contributed by atoms with Gasteiger partial charge in [0.25, 0.3) is 0 Å². The topological polar surface area (TPSA) is 84.7 Å².